The summed E-state index contributed by atoms with van der Waals surface area (Å²) in [6.07, 6.45) is 3.53. The molecule has 13 heteroatoms. The van der Waals surface area contributed by atoms with Crippen molar-refractivity contribution >= 4 is 65.0 Å². The van der Waals surface area contributed by atoms with E-state index >= 15 is 0 Å². The van der Waals surface area contributed by atoms with Crippen LogP contribution in [-0.4, -0.2) is 33.4 Å². The van der Waals surface area contributed by atoms with E-state index in [0.717, 1.165) is 21.1 Å². The lowest BCUT2D eigenvalue weighted by Crippen LogP contribution is -2.14. The second-order valence-electron chi connectivity index (χ2n) is 10.3. The Morgan fingerprint density at radius 2 is 1.93 bits per heavy atom. The summed E-state index contributed by atoms with van der Waals surface area (Å²) in [6.45, 7) is 6.04. The fourth-order valence-corrected chi connectivity index (χ4v) is 6.41. The summed E-state index contributed by atoms with van der Waals surface area (Å²) in [5.74, 6) is 1.02. The molecule has 0 spiro atoms. The molecule has 1 N–H and O–H groups in total. The minimum atomic E-state index is -2.43. The normalized spacial score (nSPS) is 12.0. The second kappa shape index (κ2) is 14.3. The Bertz CT molecular complexity index is 1930. The molecule has 0 fully saturated rings. The predicted octanol–water partition coefficient (Wildman–Crippen LogP) is 7.90. The Morgan fingerprint density at radius 3 is 2.66 bits per heavy atom. The molecule has 1 unspecified atom stereocenters. The maximum absolute atomic E-state index is 13.5. The van der Waals surface area contributed by atoms with E-state index in [2.05, 4.69) is 36.2 Å². The molecule has 5 rings (SSSR count). The van der Waals surface area contributed by atoms with Crippen molar-refractivity contribution in [3.8, 4) is 17.1 Å². The van der Waals surface area contributed by atoms with Crippen LogP contribution in [-0.2, 0) is 21.6 Å². The van der Waals surface area contributed by atoms with Crippen LogP contribution in [0.15, 0.2) is 70.9 Å². The summed E-state index contributed by atoms with van der Waals surface area (Å²) >= 11 is 4.95. The molecule has 0 bridgehead atoms. The lowest BCUT2D eigenvalue weighted by atomic mass is 10.1. The lowest BCUT2D eigenvalue weighted by Gasteiger charge is -2.14. The molecule has 228 valence electrons. The molecule has 0 amide bonds. The van der Waals surface area contributed by atoms with Gasteiger partial charge in [0, 0.05) is 22.9 Å². The zero-order valence-electron chi connectivity index (χ0n) is 24.1. The number of nitrogens with zero attached hydrogens (tertiary/aromatic N) is 4. The van der Waals surface area contributed by atoms with Crippen molar-refractivity contribution in [3.63, 3.8) is 0 Å². The number of fused-ring (bicyclic) bond motifs is 1. The van der Waals surface area contributed by atoms with Gasteiger partial charge in [-0.05, 0) is 70.2 Å². The number of rotatable bonds is 11. The van der Waals surface area contributed by atoms with E-state index in [1.165, 1.54) is 29.8 Å². The summed E-state index contributed by atoms with van der Waals surface area (Å²) in [5, 5.41) is 6.67. The standard InChI is InChI=1S/C31H29BrFN5O4S2/c1-4-27(42-29(44(39)40)10-18(2)3)31-38-26(16-43-31)24-13-22-25(14-34-24)35-17-36-30(22)37-21-8-9-28(23(32)12-21)41-15-19-6-5-7-20(33)11-19/h5-9,11-14,16-18,27H,4,10,15H2,1-3H3,(H,35,36,37). The van der Waals surface area contributed by atoms with Crippen LogP contribution in [0.4, 0.5) is 15.9 Å². The molecule has 9 nitrogen and oxygen atoms in total. The average molecular weight is 699 g/mol. The van der Waals surface area contributed by atoms with Gasteiger partial charge in [-0.15, -0.1) is 11.3 Å². The first-order valence-corrected chi connectivity index (χ1v) is 16.6. The second-order valence-corrected chi connectivity index (χ2v) is 13.0. The van der Waals surface area contributed by atoms with Gasteiger partial charge in [-0.25, -0.2) is 19.3 Å². The number of halogens is 2. The number of hydrogen-bond acceptors (Lipinski definition) is 10. The van der Waals surface area contributed by atoms with E-state index in [1.54, 1.807) is 18.3 Å². The van der Waals surface area contributed by atoms with E-state index in [0.29, 0.717) is 46.3 Å². The van der Waals surface area contributed by atoms with Crippen LogP contribution in [0.3, 0.4) is 0 Å². The van der Waals surface area contributed by atoms with Gasteiger partial charge in [-0.1, -0.05) is 32.9 Å². The molecular weight excluding hydrogens is 669 g/mol. The maximum Gasteiger partial charge on any atom is 0.240 e. The molecule has 0 aliphatic rings. The minimum Gasteiger partial charge on any atom is -0.488 e. The number of hydrogen-bond donors (Lipinski definition) is 1. The van der Waals surface area contributed by atoms with Crippen molar-refractivity contribution in [1.29, 1.82) is 0 Å². The largest absolute Gasteiger partial charge is 0.488 e. The molecule has 0 aliphatic carbocycles. The smallest absolute Gasteiger partial charge is 0.240 e. The van der Waals surface area contributed by atoms with Crippen LogP contribution in [0, 0.1) is 11.7 Å². The zero-order valence-corrected chi connectivity index (χ0v) is 27.3. The Hall–Kier alpha value is -3.78. The Kier molecular flexibility index (Phi) is 10.3. The van der Waals surface area contributed by atoms with Crippen LogP contribution in [0.1, 0.15) is 50.3 Å². The molecular formula is C31H29BrFN5O4S2. The van der Waals surface area contributed by atoms with Crippen molar-refractivity contribution < 1.29 is 22.3 Å². The van der Waals surface area contributed by atoms with E-state index in [-0.39, 0.29) is 23.4 Å². The minimum absolute atomic E-state index is 0.0399. The molecule has 2 aromatic carbocycles. The summed E-state index contributed by atoms with van der Waals surface area (Å²) in [5.41, 5.74) is 3.40. The first kappa shape index (κ1) is 31.6. The molecule has 0 radical (unpaired) electrons. The Morgan fingerprint density at radius 1 is 1.09 bits per heavy atom. The molecule has 0 saturated heterocycles. The van der Waals surface area contributed by atoms with Crippen LogP contribution >= 0.6 is 27.3 Å². The summed E-state index contributed by atoms with van der Waals surface area (Å²) < 4.78 is 49.5. The number of nitrogens with one attached hydrogen (secondary N) is 1. The number of thiazole rings is 1. The van der Waals surface area contributed by atoms with Crippen molar-refractivity contribution in [2.45, 2.75) is 46.3 Å². The number of aromatic nitrogens is 4. The monoisotopic (exact) mass is 697 g/mol. The third-order valence-electron chi connectivity index (χ3n) is 6.46. The summed E-state index contributed by atoms with van der Waals surface area (Å²) in [6, 6.07) is 13.7. The molecule has 3 aromatic heterocycles. The van der Waals surface area contributed by atoms with Gasteiger partial charge in [0.1, 0.15) is 41.4 Å². The number of ether oxygens (including phenoxy) is 2. The number of pyridine rings is 1. The van der Waals surface area contributed by atoms with Crippen molar-refractivity contribution in [3.05, 3.63) is 87.3 Å². The molecule has 44 heavy (non-hydrogen) atoms. The van der Waals surface area contributed by atoms with Crippen molar-refractivity contribution in [2.75, 3.05) is 5.32 Å². The average Bonchev–Trinajstić information content (AvgIpc) is 3.49. The van der Waals surface area contributed by atoms with Gasteiger partial charge in [0.05, 0.1) is 27.6 Å². The van der Waals surface area contributed by atoms with Crippen LogP contribution in [0.5, 0.6) is 5.75 Å². The zero-order chi connectivity index (χ0) is 31.2. The fourth-order valence-electron chi connectivity index (χ4n) is 4.33. The van der Waals surface area contributed by atoms with Gasteiger partial charge in [0.25, 0.3) is 0 Å². The Labute approximate surface area is 268 Å². The summed E-state index contributed by atoms with van der Waals surface area (Å²) in [7, 11) is -2.43. The third-order valence-corrected chi connectivity index (χ3v) is 8.66. The summed E-state index contributed by atoms with van der Waals surface area (Å²) in [4.78, 5) is 18.1. The first-order valence-electron chi connectivity index (χ1n) is 13.8. The molecule has 5 aromatic rings. The molecule has 1 atom stereocenters. The van der Waals surface area contributed by atoms with E-state index in [1.807, 2.05) is 50.4 Å². The predicted molar refractivity (Wildman–Crippen MR) is 174 cm³/mol. The quantitative estimate of drug-likeness (QED) is 0.138. The SMILES string of the molecule is CCC(OC(CC(C)C)=S(=O)=O)c1nc(-c2cc3c(Nc4ccc(OCc5cccc(F)c5)c(Br)c4)ncnc3cn2)cs1. The highest BCUT2D eigenvalue weighted by atomic mass is 79.9. The first-order chi connectivity index (χ1) is 21.2. The highest BCUT2D eigenvalue weighted by Gasteiger charge is 2.20. The van der Waals surface area contributed by atoms with Gasteiger partial charge in [-0.3, -0.25) is 4.98 Å². The third kappa shape index (κ3) is 7.83. The van der Waals surface area contributed by atoms with Crippen LogP contribution in [0.25, 0.3) is 22.3 Å². The van der Waals surface area contributed by atoms with Crippen LogP contribution < -0.4 is 10.1 Å². The topological polar surface area (TPSA) is 116 Å². The fraction of sp³-hybridized carbons (Fsp3) is 0.258. The van der Waals surface area contributed by atoms with E-state index in [9.17, 15) is 12.8 Å². The maximum atomic E-state index is 13.5. The van der Waals surface area contributed by atoms with E-state index in [4.69, 9.17) is 14.5 Å². The van der Waals surface area contributed by atoms with E-state index < -0.39 is 16.4 Å². The van der Waals surface area contributed by atoms with Gasteiger partial charge in [-0.2, -0.15) is 8.42 Å². The lowest BCUT2D eigenvalue weighted by molar-refractivity contribution is 0.184. The van der Waals surface area contributed by atoms with Gasteiger partial charge >= 0.3 is 0 Å². The Balaban J connectivity index is 1.35. The molecule has 0 aliphatic heterocycles. The van der Waals surface area contributed by atoms with Gasteiger partial charge in [0.15, 0.2) is 5.05 Å². The number of anilines is 2. The van der Waals surface area contributed by atoms with Gasteiger partial charge < -0.3 is 14.8 Å². The van der Waals surface area contributed by atoms with Gasteiger partial charge in [0.2, 0.25) is 10.3 Å². The molecule has 0 saturated carbocycles. The van der Waals surface area contributed by atoms with Crippen LogP contribution in [0.2, 0.25) is 0 Å². The molecule has 3 heterocycles. The van der Waals surface area contributed by atoms with Crippen molar-refractivity contribution in [1.82, 2.24) is 19.9 Å². The number of benzene rings is 2. The van der Waals surface area contributed by atoms with Crippen molar-refractivity contribution in [2.24, 2.45) is 5.92 Å². The highest BCUT2D eigenvalue weighted by molar-refractivity contribution is 9.10. The highest BCUT2D eigenvalue weighted by Crippen LogP contribution is 2.33.